The first-order chi connectivity index (χ1) is 12.3. The van der Waals surface area contributed by atoms with Crippen LogP contribution < -0.4 is 20.1 Å². The summed E-state index contributed by atoms with van der Waals surface area (Å²) in [5.74, 6) is 0.355. The normalized spacial score (nSPS) is 10.9. The van der Waals surface area contributed by atoms with E-state index in [-0.39, 0.29) is 31.0 Å². The number of carbonyl (C=O) groups excluding carboxylic acids is 1. The highest BCUT2D eigenvalue weighted by Crippen LogP contribution is 2.26. The standard InChI is InChI=1S/C18H19F3N2O3/c1-13-5-4-7-15(11-13)25-10-9-22-17(24)23-12-14-6-2-3-8-16(14)26-18(19,20)21/h2-8,11H,9-10,12H2,1H3,(H2,22,23,24). The van der Waals surface area contributed by atoms with E-state index in [9.17, 15) is 18.0 Å². The summed E-state index contributed by atoms with van der Waals surface area (Å²) in [5.41, 5.74) is 1.28. The molecule has 2 amide bonds. The van der Waals surface area contributed by atoms with E-state index >= 15 is 0 Å². The fourth-order valence-electron chi connectivity index (χ4n) is 2.15. The van der Waals surface area contributed by atoms with Crippen LogP contribution in [0.1, 0.15) is 11.1 Å². The highest BCUT2D eigenvalue weighted by atomic mass is 19.4. The van der Waals surface area contributed by atoms with Crippen molar-refractivity contribution >= 4 is 6.03 Å². The maximum atomic E-state index is 12.4. The van der Waals surface area contributed by atoms with Crippen molar-refractivity contribution in [3.8, 4) is 11.5 Å². The van der Waals surface area contributed by atoms with Gasteiger partial charge in [0.25, 0.3) is 0 Å². The number of hydrogen-bond acceptors (Lipinski definition) is 3. The molecule has 0 radical (unpaired) electrons. The molecule has 0 aliphatic heterocycles. The molecule has 26 heavy (non-hydrogen) atoms. The van der Waals surface area contributed by atoms with Gasteiger partial charge < -0.3 is 20.1 Å². The molecule has 5 nitrogen and oxygen atoms in total. The number of amides is 2. The highest BCUT2D eigenvalue weighted by molar-refractivity contribution is 5.73. The zero-order valence-electron chi connectivity index (χ0n) is 14.1. The monoisotopic (exact) mass is 368 g/mol. The van der Waals surface area contributed by atoms with Crippen LogP contribution in [0.3, 0.4) is 0 Å². The Morgan fingerprint density at radius 2 is 1.85 bits per heavy atom. The molecular weight excluding hydrogens is 349 g/mol. The first kappa shape index (κ1) is 19.4. The van der Waals surface area contributed by atoms with Gasteiger partial charge in [-0.3, -0.25) is 0 Å². The van der Waals surface area contributed by atoms with Gasteiger partial charge in [-0.1, -0.05) is 30.3 Å². The number of halogens is 3. The number of urea groups is 1. The topological polar surface area (TPSA) is 59.6 Å². The van der Waals surface area contributed by atoms with Gasteiger partial charge in [-0.15, -0.1) is 13.2 Å². The lowest BCUT2D eigenvalue weighted by Gasteiger charge is -2.14. The summed E-state index contributed by atoms with van der Waals surface area (Å²) >= 11 is 0. The smallest absolute Gasteiger partial charge is 0.492 e. The molecule has 0 aliphatic rings. The van der Waals surface area contributed by atoms with Gasteiger partial charge in [0.2, 0.25) is 0 Å². The average Bonchev–Trinajstić information content (AvgIpc) is 2.57. The molecule has 0 aromatic heterocycles. The summed E-state index contributed by atoms with van der Waals surface area (Å²) in [4.78, 5) is 11.7. The number of rotatable bonds is 7. The molecule has 0 atom stereocenters. The van der Waals surface area contributed by atoms with Crippen molar-refractivity contribution in [2.75, 3.05) is 13.2 Å². The van der Waals surface area contributed by atoms with Gasteiger partial charge in [0.05, 0.1) is 6.54 Å². The molecule has 0 saturated carbocycles. The number of benzene rings is 2. The summed E-state index contributed by atoms with van der Waals surface area (Å²) < 4.78 is 46.5. The van der Waals surface area contributed by atoms with E-state index in [1.807, 2.05) is 31.2 Å². The number of carbonyl (C=O) groups is 1. The minimum absolute atomic E-state index is 0.100. The van der Waals surface area contributed by atoms with Crippen molar-refractivity contribution < 1.29 is 27.4 Å². The molecule has 0 heterocycles. The second-order valence-corrected chi connectivity index (χ2v) is 5.43. The Morgan fingerprint density at radius 3 is 2.58 bits per heavy atom. The number of nitrogens with one attached hydrogen (secondary N) is 2. The Bertz CT molecular complexity index is 736. The zero-order valence-corrected chi connectivity index (χ0v) is 14.1. The van der Waals surface area contributed by atoms with Crippen LogP contribution in [-0.4, -0.2) is 25.5 Å². The molecule has 2 aromatic carbocycles. The first-order valence-electron chi connectivity index (χ1n) is 7.88. The van der Waals surface area contributed by atoms with Crippen molar-refractivity contribution in [3.05, 3.63) is 59.7 Å². The Hall–Kier alpha value is -2.90. The summed E-state index contributed by atoms with van der Waals surface area (Å²) in [5, 5.41) is 5.05. The van der Waals surface area contributed by atoms with Gasteiger partial charge >= 0.3 is 12.4 Å². The number of alkyl halides is 3. The first-order valence-corrected chi connectivity index (χ1v) is 7.88. The third-order valence-electron chi connectivity index (χ3n) is 3.28. The summed E-state index contributed by atoms with van der Waals surface area (Å²) in [6.07, 6.45) is -4.79. The average molecular weight is 368 g/mol. The molecule has 2 aromatic rings. The van der Waals surface area contributed by atoms with E-state index in [0.717, 1.165) is 5.56 Å². The molecule has 0 bridgehead atoms. The number of aryl methyl sites for hydroxylation is 1. The maximum Gasteiger partial charge on any atom is 0.573 e. The van der Waals surface area contributed by atoms with Gasteiger partial charge in [-0.2, -0.15) is 0 Å². The van der Waals surface area contributed by atoms with Crippen LogP contribution in [-0.2, 0) is 6.54 Å². The number of para-hydroxylation sites is 1. The molecule has 0 aliphatic carbocycles. The summed E-state index contributed by atoms with van der Waals surface area (Å²) in [7, 11) is 0. The Kier molecular flexibility index (Phi) is 6.71. The fourth-order valence-corrected chi connectivity index (χ4v) is 2.15. The van der Waals surface area contributed by atoms with Crippen LogP contribution in [0.5, 0.6) is 11.5 Å². The minimum atomic E-state index is -4.79. The van der Waals surface area contributed by atoms with Crippen LogP contribution >= 0.6 is 0 Å². The second kappa shape index (κ2) is 8.98. The van der Waals surface area contributed by atoms with Gasteiger partial charge in [0.15, 0.2) is 0 Å². The lowest BCUT2D eigenvalue weighted by Crippen LogP contribution is -2.37. The van der Waals surface area contributed by atoms with Crippen molar-refractivity contribution in [2.24, 2.45) is 0 Å². The Labute approximate surface area is 149 Å². The van der Waals surface area contributed by atoms with Crippen LogP contribution in [0, 0.1) is 6.92 Å². The van der Waals surface area contributed by atoms with Gasteiger partial charge in [0, 0.05) is 12.1 Å². The van der Waals surface area contributed by atoms with Crippen LogP contribution in [0.2, 0.25) is 0 Å². The SMILES string of the molecule is Cc1cccc(OCCNC(=O)NCc2ccccc2OC(F)(F)F)c1. The minimum Gasteiger partial charge on any atom is -0.492 e. The molecule has 0 unspecified atom stereocenters. The van der Waals surface area contributed by atoms with E-state index in [1.165, 1.54) is 18.2 Å². The van der Waals surface area contributed by atoms with Crippen molar-refractivity contribution in [1.29, 1.82) is 0 Å². The predicted molar refractivity (Wildman–Crippen MR) is 90.0 cm³/mol. The molecular formula is C18H19F3N2O3. The van der Waals surface area contributed by atoms with Crippen molar-refractivity contribution in [3.63, 3.8) is 0 Å². The van der Waals surface area contributed by atoms with E-state index < -0.39 is 12.4 Å². The lowest BCUT2D eigenvalue weighted by atomic mass is 10.2. The quantitative estimate of drug-likeness (QED) is 0.732. The second-order valence-electron chi connectivity index (χ2n) is 5.43. The molecule has 0 saturated heterocycles. The fraction of sp³-hybridized carbons (Fsp3) is 0.278. The van der Waals surface area contributed by atoms with Gasteiger partial charge in [-0.05, 0) is 30.7 Å². The van der Waals surface area contributed by atoms with E-state index in [0.29, 0.717) is 5.75 Å². The van der Waals surface area contributed by atoms with Gasteiger partial charge in [-0.25, -0.2) is 4.79 Å². The van der Waals surface area contributed by atoms with Crippen molar-refractivity contribution in [2.45, 2.75) is 19.8 Å². The van der Waals surface area contributed by atoms with Crippen molar-refractivity contribution in [1.82, 2.24) is 10.6 Å². The van der Waals surface area contributed by atoms with E-state index in [2.05, 4.69) is 15.4 Å². The summed E-state index contributed by atoms with van der Waals surface area (Å²) in [6, 6.07) is 12.6. The number of ether oxygens (including phenoxy) is 2. The zero-order chi connectivity index (χ0) is 19.0. The number of hydrogen-bond donors (Lipinski definition) is 2. The Balaban J connectivity index is 1.74. The highest BCUT2D eigenvalue weighted by Gasteiger charge is 2.31. The van der Waals surface area contributed by atoms with Crippen LogP contribution in [0.4, 0.5) is 18.0 Å². The Morgan fingerprint density at radius 1 is 1.08 bits per heavy atom. The molecule has 2 N–H and O–H groups in total. The molecule has 2 rings (SSSR count). The third-order valence-corrected chi connectivity index (χ3v) is 3.28. The molecule has 0 fully saturated rings. The predicted octanol–water partition coefficient (Wildman–Crippen LogP) is 3.77. The maximum absolute atomic E-state index is 12.4. The summed E-state index contributed by atoms with van der Waals surface area (Å²) in [6.45, 7) is 2.36. The molecule has 8 heteroatoms. The lowest BCUT2D eigenvalue weighted by molar-refractivity contribution is -0.274. The van der Waals surface area contributed by atoms with E-state index in [4.69, 9.17) is 4.74 Å². The van der Waals surface area contributed by atoms with E-state index in [1.54, 1.807) is 6.07 Å². The van der Waals surface area contributed by atoms with Crippen LogP contribution in [0.25, 0.3) is 0 Å². The molecule has 140 valence electrons. The largest absolute Gasteiger partial charge is 0.573 e. The van der Waals surface area contributed by atoms with Crippen LogP contribution in [0.15, 0.2) is 48.5 Å². The van der Waals surface area contributed by atoms with Gasteiger partial charge in [0.1, 0.15) is 18.1 Å². The third kappa shape index (κ3) is 6.92. The molecule has 0 spiro atoms.